The Morgan fingerprint density at radius 3 is 3.12 bits per heavy atom. The average molecular weight is 235 g/mol. The number of imidazole rings is 1. The van der Waals surface area contributed by atoms with E-state index in [1.54, 1.807) is 6.92 Å². The lowest BCUT2D eigenvalue weighted by Gasteiger charge is -1.98. The summed E-state index contributed by atoms with van der Waals surface area (Å²) in [6.45, 7) is 1.95. The lowest BCUT2D eigenvalue weighted by Crippen LogP contribution is -2.11. The van der Waals surface area contributed by atoms with E-state index in [4.69, 9.17) is 10.3 Å². The molecule has 1 rings (SSSR count). The Morgan fingerprint density at radius 2 is 2.47 bits per heavy atom. The molecule has 17 heavy (non-hydrogen) atoms. The Balaban J connectivity index is 2.72. The van der Waals surface area contributed by atoms with Crippen LogP contribution in [0.1, 0.15) is 12.6 Å². The topological polar surface area (TPSA) is 110 Å². The van der Waals surface area contributed by atoms with Crippen LogP contribution in [0.15, 0.2) is 23.7 Å². The van der Waals surface area contributed by atoms with Crippen molar-refractivity contribution in [3.8, 4) is 0 Å². The van der Waals surface area contributed by atoms with E-state index in [1.165, 1.54) is 18.6 Å². The van der Waals surface area contributed by atoms with Crippen LogP contribution in [0.25, 0.3) is 16.5 Å². The number of carbonyl (C=O) groups excluding carboxylic acids is 2. The van der Waals surface area contributed by atoms with Gasteiger partial charge in [-0.25, -0.2) is 14.3 Å². The molecule has 0 fully saturated rings. The summed E-state index contributed by atoms with van der Waals surface area (Å²) >= 11 is 0. The molecule has 0 aromatic carbocycles. The van der Waals surface area contributed by atoms with Gasteiger partial charge in [0.05, 0.1) is 12.3 Å². The van der Waals surface area contributed by atoms with Gasteiger partial charge < -0.3 is 4.74 Å². The maximum absolute atomic E-state index is 11.2. The smallest absolute Gasteiger partial charge is 0.419 e. The van der Waals surface area contributed by atoms with Crippen molar-refractivity contribution in [2.24, 2.45) is 5.11 Å². The van der Waals surface area contributed by atoms with E-state index in [-0.39, 0.29) is 6.61 Å². The molecule has 0 bridgehead atoms. The van der Waals surface area contributed by atoms with Gasteiger partial charge in [-0.15, -0.1) is 0 Å². The number of carbonyl (C=O) groups is 2. The van der Waals surface area contributed by atoms with Gasteiger partial charge in [-0.3, -0.25) is 4.79 Å². The van der Waals surface area contributed by atoms with Crippen molar-refractivity contribution in [1.29, 1.82) is 0 Å². The molecule has 8 nitrogen and oxygen atoms in total. The molecule has 1 aromatic rings. The minimum Gasteiger partial charge on any atom is -0.449 e. The SMILES string of the molecule is CCOC(=O)n1cnc(/C=C/C(=O)N=[N+]=[N-])c1. The number of amides is 1. The van der Waals surface area contributed by atoms with Crippen molar-refractivity contribution < 1.29 is 14.3 Å². The number of aromatic nitrogens is 2. The van der Waals surface area contributed by atoms with Crippen LogP contribution in [0.3, 0.4) is 0 Å². The van der Waals surface area contributed by atoms with Crippen LogP contribution >= 0.6 is 0 Å². The summed E-state index contributed by atoms with van der Waals surface area (Å²) in [5.74, 6) is -0.738. The predicted molar refractivity (Wildman–Crippen MR) is 57.8 cm³/mol. The number of hydrogen-bond donors (Lipinski definition) is 0. The van der Waals surface area contributed by atoms with Gasteiger partial charge in [0, 0.05) is 11.1 Å². The van der Waals surface area contributed by atoms with Crippen LogP contribution in [-0.2, 0) is 9.53 Å². The second kappa shape index (κ2) is 6.09. The first-order valence-electron chi connectivity index (χ1n) is 4.65. The Labute approximate surface area is 96.1 Å². The molecule has 0 radical (unpaired) electrons. The van der Waals surface area contributed by atoms with Crippen molar-refractivity contribution >= 4 is 18.1 Å². The molecule has 1 heterocycles. The molecule has 0 unspecified atom stereocenters. The summed E-state index contributed by atoms with van der Waals surface area (Å²) in [7, 11) is 0. The van der Waals surface area contributed by atoms with E-state index in [1.807, 2.05) is 0 Å². The zero-order valence-electron chi connectivity index (χ0n) is 8.98. The van der Waals surface area contributed by atoms with Crippen LogP contribution in [0.4, 0.5) is 4.79 Å². The predicted octanol–water partition coefficient (Wildman–Crippen LogP) is 1.74. The normalized spacial score (nSPS) is 9.94. The highest BCUT2D eigenvalue weighted by atomic mass is 16.5. The molecule has 0 aliphatic carbocycles. The van der Waals surface area contributed by atoms with Gasteiger partial charge in [-0.1, -0.05) is 0 Å². The van der Waals surface area contributed by atoms with Gasteiger partial charge >= 0.3 is 6.09 Å². The van der Waals surface area contributed by atoms with Gasteiger partial charge in [-0.05, 0) is 29.7 Å². The minimum atomic E-state index is -0.738. The van der Waals surface area contributed by atoms with Crippen molar-refractivity contribution in [2.75, 3.05) is 6.61 Å². The largest absolute Gasteiger partial charge is 0.449 e. The van der Waals surface area contributed by atoms with Crippen LogP contribution in [-0.4, -0.2) is 28.2 Å². The molecule has 0 saturated carbocycles. The molecule has 0 saturated heterocycles. The molecule has 0 N–H and O–H groups in total. The molecule has 0 aliphatic rings. The molecule has 88 valence electrons. The first-order valence-corrected chi connectivity index (χ1v) is 4.65. The zero-order chi connectivity index (χ0) is 12.7. The van der Waals surface area contributed by atoms with Gasteiger partial charge in [0.2, 0.25) is 5.91 Å². The number of rotatable bonds is 3. The highest BCUT2D eigenvalue weighted by Gasteiger charge is 2.05. The second-order valence-corrected chi connectivity index (χ2v) is 2.77. The van der Waals surface area contributed by atoms with Gasteiger partial charge in [0.1, 0.15) is 6.33 Å². The quantitative estimate of drug-likeness (QED) is 0.344. The number of nitrogens with zero attached hydrogens (tertiary/aromatic N) is 5. The van der Waals surface area contributed by atoms with Crippen LogP contribution in [0, 0.1) is 0 Å². The summed E-state index contributed by atoms with van der Waals surface area (Å²) in [5.41, 5.74) is 8.37. The summed E-state index contributed by atoms with van der Waals surface area (Å²) < 4.78 is 5.87. The molecule has 0 aliphatic heterocycles. The average Bonchev–Trinajstić information content (AvgIpc) is 2.76. The highest BCUT2D eigenvalue weighted by Crippen LogP contribution is 2.00. The molecule has 1 amide bonds. The Morgan fingerprint density at radius 1 is 1.71 bits per heavy atom. The third-order valence-corrected chi connectivity index (χ3v) is 1.62. The first-order chi connectivity index (χ1) is 8.17. The minimum absolute atomic E-state index is 0.261. The van der Waals surface area contributed by atoms with E-state index in [9.17, 15) is 9.59 Å². The maximum atomic E-state index is 11.2. The fraction of sp³-hybridized carbons (Fsp3) is 0.222. The van der Waals surface area contributed by atoms with E-state index < -0.39 is 12.0 Å². The van der Waals surface area contributed by atoms with Crippen molar-refractivity contribution in [3.05, 3.63) is 34.7 Å². The molecule has 0 spiro atoms. The van der Waals surface area contributed by atoms with E-state index in [2.05, 4.69) is 15.0 Å². The number of hydrogen-bond acceptors (Lipinski definition) is 4. The van der Waals surface area contributed by atoms with Crippen LogP contribution in [0.2, 0.25) is 0 Å². The van der Waals surface area contributed by atoms with E-state index in [0.29, 0.717) is 5.69 Å². The zero-order valence-corrected chi connectivity index (χ0v) is 8.98. The first kappa shape index (κ1) is 12.5. The van der Waals surface area contributed by atoms with Crippen LogP contribution < -0.4 is 0 Å². The fourth-order valence-electron chi connectivity index (χ4n) is 0.956. The van der Waals surface area contributed by atoms with Crippen LogP contribution in [0.5, 0.6) is 0 Å². The number of ether oxygens (including phenoxy) is 1. The lowest BCUT2D eigenvalue weighted by atomic mass is 10.4. The monoisotopic (exact) mass is 235 g/mol. The summed E-state index contributed by atoms with van der Waals surface area (Å²) in [5, 5.41) is 2.84. The molecule has 1 aromatic heterocycles. The lowest BCUT2D eigenvalue weighted by molar-refractivity contribution is -0.113. The Hall–Kier alpha value is -2.60. The second-order valence-electron chi connectivity index (χ2n) is 2.77. The summed E-state index contributed by atoms with van der Waals surface area (Å²) in [6.07, 6.45) is 4.47. The number of azide groups is 1. The van der Waals surface area contributed by atoms with Gasteiger partial charge in [0.25, 0.3) is 0 Å². The van der Waals surface area contributed by atoms with E-state index >= 15 is 0 Å². The molecular weight excluding hydrogens is 226 g/mol. The maximum Gasteiger partial charge on any atom is 0.419 e. The van der Waals surface area contributed by atoms with Gasteiger partial charge in [-0.2, -0.15) is 0 Å². The van der Waals surface area contributed by atoms with E-state index in [0.717, 1.165) is 10.6 Å². The third kappa shape index (κ3) is 3.80. The summed E-state index contributed by atoms with van der Waals surface area (Å²) in [4.78, 5) is 28.2. The van der Waals surface area contributed by atoms with Crippen molar-refractivity contribution in [1.82, 2.24) is 9.55 Å². The molecule has 0 atom stereocenters. The third-order valence-electron chi connectivity index (χ3n) is 1.62. The Kier molecular flexibility index (Phi) is 4.46. The molecule has 8 heteroatoms. The summed E-state index contributed by atoms with van der Waals surface area (Å²) in [6, 6.07) is 0. The molecular formula is C9H9N5O3. The standard InChI is InChI=1S/C9H9N5O3/c1-2-17-9(16)14-5-7(11-6-14)3-4-8(15)12-13-10/h3-6H,2H2,1H3/b4-3+. The van der Waals surface area contributed by atoms with Crippen molar-refractivity contribution in [2.45, 2.75) is 6.92 Å². The van der Waals surface area contributed by atoms with Gasteiger partial charge in [0.15, 0.2) is 0 Å². The fourth-order valence-corrected chi connectivity index (χ4v) is 0.956. The van der Waals surface area contributed by atoms with Crippen molar-refractivity contribution in [3.63, 3.8) is 0 Å². The Bertz CT molecular complexity index is 498. The highest BCUT2D eigenvalue weighted by molar-refractivity contribution is 5.92.